The second-order valence-corrected chi connectivity index (χ2v) is 9.59. The molecular weight excluding hydrogens is 452 g/mol. The maximum Gasteiger partial charge on any atom is 0.303 e. The molecule has 0 spiro atoms. The molecule has 2 aromatic heterocycles. The lowest BCUT2D eigenvalue weighted by molar-refractivity contribution is -0.137. The minimum absolute atomic E-state index is 0.303. The van der Waals surface area contributed by atoms with E-state index in [4.69, 9.17) is 16.6 Å². The molecule has 0 aliphatic carbocycles. The number of primary amides is 1. The van der Waals surface area contributed by atoms with Gasteiger partial charge in [-0.3, -0.25) is 14.6 Å². The predicted molar refractivity (Wildman–Crippen MR) is 145 cm³/mol. The van der Waals surface area contributed by atoms with E-state index in [2.05, 4.69) is 28.2 Å². The van der Waals surface area contributed by atoms with E-state index >= 15 is 0 Å². The van der Waals surface area contributed by atoms with Gasteiger partial charge in [0.15, 0.2) is 5.82 Å². The fraction of sp³-hybridized carbons (Fsp3) is 0.310. The second-order valence-electron chi connectivity index (χ2n) is 9.59. The lowest BCUT2D eigenvalue weighted by atomic mass is 9.98. The SMILES string of the molecule is CC(C)CCC(=O)O.Cc1ccc2c(c1)nc(N)c1ncc(CCc3ccc(C(N)=O)cc3C)cc12. The van der Waals surface area contributed by atoms with Gasteiger partial charge in [0.2, 0.25) is 5.91 Å². The van der Waals surface area contributed by atoms with Gasteiger partial charge in [-0.2, -0.15) is 0 Å². The number of carboxylic acid groups (broad SMARTS) is 1. The zero-order valence-corrected chi connectivity index (χ0v) is 21.3. The molecule has 0 fully saturated rings. The van der Waals surface area contributed by atoms with Crippen LogP contribution < -0.4 is 11.5 Å². The summed E-state index contributed by atoms with van der Waals surface area (Å²) < 4.78 is 0. The summed E-state index contributed by atoms with van der Waals surface area (Å²) in [5.74, 6) is -0.135. The maximum absolute atomic E-state index is 11.3. The summed E-state index contributed by atoms with van der Waals surface area (Å²) in [6.07, 6.45) is 4.66. The number of carboxylic acids is 1. The van der Waals surface area contributed by atoms with Gasteiger partial charge < -0.3 is 16.6 Å². The van der Waals surface area contributed by atoms with Gasteiger partial charge in [0, 0.05) is 29.0 Å². The van der Waals surface area contributed by atoms with Crippen molar-refractivity contribution in [2.45, 2.75) is 53.4 Å². The monoisotopic (exact) mass is 486 g/mol. The number of aryl methyl sites for hydroxylation is 4. The van der Waals surface area contributed by atoms with Gasteiger partial charge in [0.25, 0.3) is 0 Å². The van der Waals surface area contributed by atoms with E-state index in [1.165, 1.54) is 5.56 Å². The number of hydrogen-bond acceptors (Lipinski definition) is 5. The molecule has 0 radical (unpaired) electrons. The van der Waals surface area contributed by atoms with Crippen LogP contribution >= 0.6 is 0 Å². The number of nitrogens with zero attached hydrogens (tertiary/aromatic N) is 2. The smallest absolute Gasteiger partial charge is 0.303 e. The van der Waals surface area contributed by atoms with Crippen LogP contribution in [0.15, 0.2) is 48.7 Å². The maximum atomic E-state index is 11.3. The molecule has 2 aromatic carbocycles. The first kappa shape index (κ1) is 26.6. The summed E-state index contributed by atoms with van der Waals surface area (Å²) in [6.45, 7) is 8.08. The van der Waals surface area contributed by atoms with E-state index in [9.17, 15) is 9.59 Å². The van der Waals surface area contributed by atoms with E-state index in [0.717, 1.165) is 57.8 Å². The number of amides is 1. The van der Waals surface area contributed by atoms with Crippen LogP contribution in [0.5, 0.6) is 0 Å². The highest BCUT2D eigenvalue weighted by Crippen LogP contribution is 2.28. The van der Waals surface area contributed by atoms with Gasteiger partial charge in [-0.15, -0.1) is 0 Å². The Morgan fingerprint density at radius 2 is 1.75 bits per heavy atom. The van der Waals surface area contributed by atoms with Crippen molar-refractivity contribution in [2.75, 3.05) is 5.73 Å². The number of pyridine rings is 2. The van der Waals surface area contributed by atoms with Crippen LogP contribution in [0.3, 0.4) is 0 Å². The summed E-state index contributed by atoms with van der Waals surface area (Å²) in [4.78, 5) is 30.3. The van der Waals surface area contributed by atoms with Gasteiger partial charge in [-0.1, -0.05) is 32.0 Å². The Hall–Kier alpha value is -4.00. The van der Waals surface area contributed by atoms with Crippen molar-refractivity contribution in [3.8, 4) is 0 Å². The zero-order valence-electron chi connectivity index (χ0n) is 21.3. The Kier molecular flexibility index (Phi) is 8.59. The molecule has 4 rings (SSSR count). The number of aromatic nitrogens is 2. The topological polar surface area (TPSA) is 132 Å². The standard InChI is InChI=1S/C23H22N4O.C6H12O2/c1-13-3-8-18-19-11-15(12-26-21(19)22(24)27-20(18)9-13)4-5-16-6-7-17(23(25)28)10-14(16)2;1-5(2)3-4-6(7)8/h3,6-12H,4-5H2,1-2H3,(H2,24,27)(H2,25,28);5H,3-4H2,1-2H3,(H,7,8). The summed E-state index contributed by atoms with van der Waals surface area (Å²) in [6, 6.07) is 14.0. The van der Waals surface area contributed by atoms with Crippen molar-refractivity contribution < 1.29 is 14.7 Å². The molecule has 2 heterocycles. The normalized spacial score (nSPS) is 10.9. The van der Waals surface area contributed by atoms with E-state index in [0.29, 0.717) is 23.7 Å². The van der Waals surface area contributed by atoms with Crippen LogP contribution in [0.2, 0.25) is 0 Å². The molecule has 0 saturated carbocycles. The number of anilines is 1. The summed E-state index contributed by atoms with van der Waals surface area (Å²) in [5.41, 5.74) is 18.2. The molecule has 0 saturated heterocycles. The number of carbonyl (C=O) groups excluding carboxylic acids is 1. The largest absolute Gasteiger partial charge is 0.481 e. The Morgan fingerprint density at radius 3 is 2.36 bits per heavy atom. The number of rotatable bonds is 7. The molecular formula is C29H34N4O3. The average Bonchev–Trinajstić information content (AvgIpc) is 2.82. The Labute approximate surface area is 211 Å². The molecule has 5 N–H and O–H groups in total. The molecule has 0 aliphatic rings. The van der Waals surface area contributed by atoms with Crippen LogP contribution in [-0.4, -0.2) is 27.0 Å². The number of fused-ring (bicyclic) bond motifs is 3. The van der Waals surface area contributed by atoms with E-state index in [1.807, 2.05) is 52.1 Å². The molecule has 1 amide bonds. The number of benzene rings is 2. The third kappa shape index (κ3) is 6.78. The van der Waals surface area contributed by atoms with Crippen LogP contribution in [0.25, 0.3) is 21.8 Å². The van der Waals surface area contributed by atoms with Gasteiger partial charge in [-0.25, -0.2) is 4.98 Å². The lowest BCUT2D eigenvalue weighted by Crippen LogP contribution is -2.11. The lowest BCUT2D eigenvalue weighted by Gasteiger charge is -2.10. The van der Waals surface area contributed by atoms with Crippen LogP contribution in [0.4, 0.5) is 5.82 Å². The number of hydrogen-bond donors (Lipinski definition) is 3. The molecule has 36 heavy (non-hydrogen) atoms. The zero-order chi connectivity index (χ0) is 26.4. The highest BCUT2D eigenvalue weighted by molar-refractivity contribution is 6.08. The minimum atomic E-state index is -0.696. The summed E-state index contributed by atoms with van der Waals surface area (Å²) in [7, 11) is 0. The highest BCUT2D eigenvalue weighted by Gasteiger charge is 2.10. The third-order valence-electron chi connectivity index (χ3n) is 6.12. The first-order valence-electron chi connectivity index (χ1n) is 12.1. The molecule has 7 nitrogen and oxygen atoms in total. The van der Waals surface area contributed by atoms with E-state index < -0.39 is 11.9 Å². The van der Waals surface area contributed by atoms with Gasteiger partial charge in [0.05, 0.1) is 5.52 Å². The molecule has 0 atom stereocenters. The summed E-state index contributed by atoms with van der Waals surface area (Å²) >= 11 is 0. The van der Waals surface area contributed by atoms with Gasteiger partial charge >= 0.3 is 5.97 Å². The minimum Gasteiger partial charge on any atom is -0.481 e. The fourth-order valence-corrected chi connectivity index (χ4v) is 4.02. The van der Waals surface area contributed by atoms with Gasteiger partial charge in [-0.05, 0) is 85.5 Å². The number of nitrogens with two attached hydrogens (primary N) is 2. The van der Waals surface area contributed by atoms with Crippen molar-refractivity contribution in [3.63, 3.8) is 0 Å². The third-order valence-corrected chi connectivity index (χ3v) is 6.12. The molecule has 7 heteroatoms. The average molecular weight is 487 g/mol. The van der Waals surface area contributed by atoms with Crippen molar-refractivity contribution in [1.82, 2.24) is 9.97 Å². The van der Waals surface area contributed by atoms with Gasteiger partial charge in [0.1, 0.15) is 5.52 Å². The van der Waals surface area contributed by atoms with Crippen molar-refractivity contribution >= 4 is 39.5 Å². The Morgan fingerprint density at radius 1 is 1.00 bits per heavy atom. The molecule has 0 aliphatic heterocycles. The first-order valence-corrected chi connectivity index (χ1v) is 12.1. The number of aliphatic carboxylic acids is 1. The van der Waals surface area contributed by atoms with Crippen LogP contribution in [-0.2, 0) is 17.6 Å². The quantitative estimate of drug-likeness (QED) is 0.301. The second kappa shape index (κ2) is 11.6. The predicted octanol–water partition coefficient (Wildman–Crippen LogP) is 5.37. The van der Waals surface area contributed by atoms with Crippen LogP contribution in [0.1, 0.15) is 59.3 Å². The first-order chi connectivity index (χ1) is 17.0. The highest BCUT2D eigenvalue weighted by atomic mass is 16.4. The number of nitrogen functional groups attached to an aromatic ring is 1. The molecule has 188 valence electrons. The molecule has 4 aromatic rings. The van der Waals surface area contributed by atoms with Crippen molar-refractivity contribution in [3.05, 3.63) is 76.5 Å². The fourth-order valence-electron chi connectivity index (χ4n) is 4.02. The Bertz CT molecular complexity index is 1410. The van der Waals surface area contributed by atoms with Crippen molar-refractivity contribution in [2.24, 2.45) is 11.7 Å². The molecule has 0 unspecified atom stereocenters. The molecule has 0 bridgehead atoms. The van der Waals surface area contributed by atoms with E-state index in [1.54, 1.807) is 6.07 Å². The Balaban J connectivity index is 0.000000392. The summed E-state index contributed by atoms with van der Waals surface area (Å²) in [5, 5.41) is 10.3. The van der Waals surface area contributed by atoms with E-state index in [-0.39, 0.29) is 0 Å². The van der Waals surface area contributed by atoms with Crippen LogP contribution in [0, 0.1) is 19.8 Å². The van der Waals surface area contributed by atoms with Crippen molar-refractivity contribution in [1.29, 1.82) is 0 Å². The number of carbonyl (C=O) groups is 2.